The Morgan fingerprint density at radius 2 is 2.00 bits per heavy atom. The number of rotatable bonds is 5. The predicted octanol–water partition coefficient (Wildman–Crippen LogP) is 5.90. The van der Waals surface area contributed by atoms with Gasteiger partial charge in [-0.2, -0.15) is 0 Å². The third kappa shape index (κ3) is 3.28. The highest BCUT2D eigenvalue weighted by molar-refractivity contribution is 8.21. The molecule has 2 aliphatic carbocycles. The molecule has 0 radical (unpaired) electrons. The van der Waals surface area contributed by atoms with Gasteiger partial charge < -0.3 is 9.84 Å². The first kappa shape index (κ1) is 20.9. The molecule has 0 heterocycles. The van der Waals surface area contributed by atoms with Gasteiger partial charge in [0.1, 0.15) is 5.75 Å². The molecule has 1 saturated carbocycles. The SMILES string of the molecule is C=C1C(=C(SC)SC)CC[C@]2(CO)c3ccc(C(C)C)c(OC)c3CC[C@@H]12. The summed E-state index contributed by atoms with van der Waals surface area (Å²) in [5.41, 5.74) is 6.30. The number of methoxy groups -OCH3 is 1. The minimum atomic E-state index is -0.223. The van der Waals surface area contributed by atoms with Crippen molar-refractivity contribution in [2.45, 2.75) is 50.9 Å². The molecule has 3 rings (SSSR count). The lowest BCUT2D eigenvalue weighted by atomic mass is 9.55. The van der Waals surface area contributed by atoms with Crippen LogP contribution in [0.15, 0.2) is 34.1 Å². The van der Waals surface area contributed by atoms with Crippen molar-refractivity contribution >= 4 is 23.5 Å². The van der Waals surface area contributed by atoms with Gasteiger partial charge in [0, 0.05) is 9.65 Å². The Balaban J connectivity index is 2.13. The molecule has 2 aliphatic rings. The summed E-state index contributed by atoms with van der Waals surface area (Å²) in [7, 11) is 1.78. The molecule has 2 nitrogen and oxygen atoms in total. The van der Waals surface area contributed by atoms with Gasteiger partial charge in [-0.05, 0) is 77.9 Å². The van der Waals surface area contributed by atoms with E-state index < -0.39 is 0 Å². The summed E-state index contributed by atoms with van der Waals surface area (Å²) in [5, 5.41) is 10.6. The van der Waals surface area contributed by atoms with Crippen LogP contribution in [-0.2, 0) is 11.8 Å². The molecule has 1 N–H and O–H groups in total. The topological polar surface area (TPSA) is 29.5 Å². The van der Waals surface area contributed by atoms with Gasteiger partial charge in [0.2, 0.25) is 0 Å². The van der Waals surface area contributed by atoms with E-state index in [2.05, 4.69) is 45.1 Å². The zero-order valence-corrected chi connectivity index (χ0v) is 18.9. The van der Waals surface area contributed by atoms with Gasteiger partial charge in [-0.15, -0.1) is 23.5 Å². The Morgan fingerprint density at radius 1 is 1.30 bits per heavy atom. The van der Waals surface area contributed by atoms with Crippen molar-refractivity contribution in [3.63, 3.8) is 0 Å². The average molecular weight is 405 g/mol. The highest BCUT2D eigenvalue weighted by Crippen LogP contribution is 2.56. The molecule has 0 bridgehead atoms. The summed E-state index contributed by atoms with van der Waals surface area (Å²) >= 11 is 3.64. The normalized spacial score (nSPS) is 24.6. The van der Waals surface area contributed by atoms with Gasteiger partial charge in [-0.3, -0.25) is 0 Å². The Morgan fingerprint density at radius 3 is 2.56 bits per heavy atom. The molecule has 27 heavy (non-hydrogen) atoms. The molecular weight excluding hydrogens is 372 g/mol. The van der Waals surface area contributed by atoms with E-state index in [9.17, 15) is 5.11 Å². The zero-order chi connectivity index (χ0) is 19.8. The molecule has 0 spiro atoms. The summed E-state index contributed by atoms with van der Waals surface area (Å²) in [6.07, 6.45) is 8.28. The van der Waals surface area contributed by atoms with Crippen molar-refractivity contribution in [1.29, 1.82) is 0 Å². The summed E-state index contributed by atoms with van der Waals surface area (Å²) in [6.45, 7) is 9.12. The van der Waals surface area contributed by atoms with Crippen molar-refractivity contribution in [2.75, 3.05) is 26.2 Å². The Hall–Kier alpha value is -0.840. The number of hydrogen-bond acceptors (Lipinski definition) is 4. The third-order valence-corrected chi connectivity index (χ3v) is 8.77. The van der Waals surface area contributed by atoms with E-state index in [0.717, 1.165) is 31.4 Å². The highest BCUT2D eigenvalue weighted by Gasteiger charge is 2.49. The second-order valence-corrected chi connectivity index (χ2v) is 9.87. The molecule has 1 fully saturated rings. The molecule has 2 atom stereocenters. The van der Waals surface area contributed by atoms with Crippen LogP contribution in [0.5, 0.6) is 5.75 Å². The van der Waals surface area contributed by atoms with Crippen LogP contribution in [0.1, 0.15) is 55.7 Å². The monoisotopic (exact) mass is 404 g/mol. The first-order valence-electron chi connectivity index (χ1n) is 9.76. The minimum absolute atomic E-state index is 0.176. The van der Waals surface area contributed by atoms with Crippen LogP contribution in [0.2, 0.25) is 0 Å². The van der Waals surface area contributed by atoms with Crippen LogP contribution in [0.3, 0.4) is 0 Å². The zero-order valence-electron chi connectivity index (χ0n) is 17.2. The average Bonchev–Trinajstić information content (AvgIpc) is 2.68. The number of aliphatic hydroxyl groups excluding tert-OH is 1. The second kappa shape index (κ2) is 8.26. The maximum absolute atomic E-state index is 10.6. The van der Waals surface area contributed by atoms with Crippen molar-refractivity contribution in [3.8, 4) is 5.75 Å². The predicted molar refractivity (Wildman–Crippen MR) is 120 cm³/mol. The quantitative estimate of drug-likeness (QED) is 0.662. The van der Waals surface area contributed by atoms with Crippen LogP contribution < -0.4 is 4.74 Å². The fourth-order valence-corrected chi connectivity index (χ4v) is 6.81. The van der Waals surface area contributed by atoms with Gasteiger partial charge >= 0.3 is 0 Å². The van der Waals surface area contributed by atoms with Gasteiger partial charge in [0.15, 0.2) is 0 Å². The maximum atomic E-state index is 10.6. The lowest BCUT2D eigenvalue weighted by Gasteiger charge is -2.50. The van der Waals surface area contributed by atoms with Crippen molar-refractivity contribution in [2.24, 2.45) is 5.92 Å². The van der Waals surface area contributed by atoms with Crippen LogP contribution in [0, 0.1) is 5.92 Å². The summed E-state index contributed by atoms with van der Waals surface area (Å²) in [4.78, 5) is 0. The second-order valence-electron chi connectivity index (χ2n) is 7.97. The molecular formula is C23H32O2S2. The van der Waals surface area contributed by atoms with Gasteiger partial charge in [-0.1, -0.05) is 32.6 Å². The molecule has 1 aromatic carbocycles. The summed E-state index contributed by atoms with van der Waals surface area (Å²) in [6, 6.07) is 4.48. The number of fused-ring (bicyclic) bond motifs is 3. The van der Waals surface area contributed by atoms with Crippen molar-refractivity contribution in [3.05, 3.63) is 50.8 Å². The molecule has 1 aromatic rings. The van der Waals surface area contributed by atoms with E-state index in [0.29, 0.717) is 11.8 Å². The van der Waals surface area contributed by atoms with E-state index in [1.54, 1.807) is 7.11 Å². The first-order chi connectivity index (χ1) is 12.9. The van der Waals surface area contributed by atoms with Crippen LogP contribution in [0.25, 0.3) is 0 Å². The Labute approximate surface area is 172 Å². The number of aliphatic hydroxyl groups is 1. The number of hydrogen-bond donors (Lipinski definition) is 1. The molecule has 0 unspecified atom stereocenters. The Bertz CT molecular complexity index is 760. The van der Waals surface area contributed by atoms with Gasteiger partial charge in [0.05, 0.1) is 13.7 Å². The van der Waals surface area contributed by atoms with Crippen molar-refractivity contribution in [1.82, 2.24) is 0 Å². The van der Waals surface area contributed by atoms with Crippen LogP contribution in [-0.4, -0.2) is 31.3 Å². The van der Waals surface area contributed by atoms with Crippen LogP contribution in [0.4, 0.5) is 0 Å². The molecule has 0 aliphatic heterocycles. The van der Waals surface area contributed by atoms with Crippen LogP contribution >= 0.6 is 23.5 Å². The number of benzene rings is 1. The largest absolute Gasteiger partial charge is 0.496 e. The van der Waals surface area contributed by atoms with E-state index in [1.807, 2.05) is 23.5 Å². The molecule has 0 aromatic heterocycles. The van der Waals surface area contributed by atoms with Gasteiger partial charge in [0.25, 0.3) is 0 Å². The lowest BCUT2D eigenvalue weighted by Crippen LogP contribution is -2.46. The number of allylic oxidation sites excluding steroid dienone is 2. The molecule has 4 heteroatoms. The highest BCUT2D eigenvalue weighted by atomic mass is 32.2. The molecule has 148 valence electrons. The van der Waals surface area contributed by atoms with E-state index in [1.165, 1.54) is 32.1 Å². The first-order valence-corrected chi connectivity index (χ1v) is 12.2. The minimum Gasteiger partial charge on any atom is -0.496 e. The molecule has 0 amide bonds. The van der Waals surface area contributed by atoms with E-state index >= 15 is 0 Å². The summed E-state index contributed by atoms with van der Waals surface area (Å²) < 4.78 is 7.25. The maximum Gasteiger partial charge on any atom is 0.125 e. The third-order valence-electron chi connectivity index (χ3n) is 6.53. The fraction of sp³-hybridized carbons (Fsp3) is 0.565. The van der Waals surface area contributed by atoms with Crippen molar-refractivity contribution < 1.29 is 9.84 Å². The number of thioether (sulfide) groups is 2. The molecule has 0 saturated heterocycles. The Kier molecular flexibility index (Phi) is 6.39. The fourth-order valence-electron chi connectivity index (χ4n) is 5.18. The smallest absolute Gasteiger partial charge is 0.125 e. The van der Waals surface area contributed by atoms with E-state index in [-0.39, 0.29) is 12.0 Å². The number of ether oxygens (including phenoxy) is 1. The van der Waals surface area contributed by atoms with Gasteiger partial charge in [-0.25, -0.2) is 0 Å². The lowest BCUT2D eigenvalue weighted by molar-refractivity contribution is 0.118. The summed E-state index contributed by atoms with van der Waals surface area (Å²) in [5.74, 6) is 1.77. The standard InChI is InChI=1S/C23H32O2S2/c1-14(2)16-7-10-20-18(21(16)25-4)8-9-19-15(3)17(22(26-5)27-6)11-12-23(19,20)13-24/h7,10,14,19,24H,3,8-9,11-13H2,1-2,4-6H3/t19-,23+/m0/s1. The van der Waals surface area contributed by atoms with E-state index in [4.69, 9.17) is 4.74 Å².